The van der Waals surface area contributed by atoms with Crippen LogP contribution < -0.4 is 0 Å². The fourth-order valence-electron chi connectivity index (χ4n) is 4.03. The van der Waals surface area contributed by atoms with Crippen LogP contribution in [-0.4, -0.2) is 95.6 Å². The third kappa shape index (κ3) is 41.6. The maximum Gasteiger partial charge on any atom is 0.302 e. The van der Waals surface area contributed by atoms with Gasteiger partial charge in [-0.3, -0.25) is 19.2 Å². The number of ether oxygens (including phenoxy) is 4. The van der Waals surface area contributed by atoms with E-state index in [1.165, 1.54) is 27.7 Å². The Morgan fingerprint density at radius 1 is 0.583 bits per heavy atom. The van der Waals surface area contributed by atoms with Crippen molar-refractivity contribution in [1.29, 1.82) is 0 Å². The summed E-state index contributed by atoms with van der Waals surface area (Å²) in [5, 5.41) is 35.3. The summed E-state index contributed by atoms with van der Waals surface area (Å²) in [6, 6.07) is 0. The first-order valence-corrected chi connectivity index (χ1v) is 17.5. The highest BCUT2D eigenvalue weighted by molar-refractivity contribution is 5.67. The molecule has 12 heteroatoms. The summed E-state index contributed by atoms with van der Waals surface area (Å²) in [6.45, 7) is 24.2. The molecule has 0 aliphatic heterocycles. The third-order valence-electron chi connectivity index (χ3n) is 6.75. The molecule has 0 aromatic rings. The van der Waals surface area contributed by atoms with Gasteiger partial charge >= 0.3 is 23.9 Å². The van der Waals surface area contributed by atoms with E-state index in [2.05, 4.69) is 11.7 Å². The van der Waals surface area contributed by atoms with E-state index >= 15 is 0 Å². The lowest BCUT2D eigenvalue weighted by atomic mass is 9.96. The number of hydrogen-bond donors (Lipinski definition) is 4. The monoisotopic (exact) mass is 698 g/mol. The van der Waals surface area contributed by atoms with Crippen molar-refractivity contribution in [2.75, 3.05) is 33.0 Å². The van der Waals surface area contributed by atoms with Gasteiger partial charge in [0, 0.05) is 65.1 Å². The maximum atomic E-state index is 11.0. The highest BCUT2D eigenvalue weighted by Gasteiger charge is 2.23. The molecule has 12 nitrogen and oxygen atoms in total. The Labute approximate surface area is 292 Å². The second-order valence-electron chi connectivity index (χ2n) is 11.0. The molecule has 0 heterocycles. The fraction of sp³-hybridized carbons (Fsp3) is 0.861. The van der Waals surface area contributed by atoms with Gasteiger partial charge in [0.05, 0.1) is 45.4 Å². The molecule has 0 bridgehead atoms. The second-order valence-corrected chi connectivity index (χ2v) is 11.0. The fourth-order valence-corrected chi connectivity index (χ4v) is 4.03. The summed E-state index contributed by atoms with van der Waals surface area (Å²) in [7, 11) is 0. The first-order valence-electron chi connectivity index (χ1n) is 17.5. The number of rotatable bonds is 19. The predicted molar refractivity (Wildman–Crippen MR) is 189 cm³/mol. The molecule has 0 aromatic carbocycles. The van der Waals surface area contributed by atoms with Gasteiger partial charge in [-0.2, -0.15) is 0 Å². The lowest BCUT2D eigenvalue weighted by molar-refractivity contribution is -0.153. The molecule has 0 aliphatic rings. The van der Waals surface area contributed by atoms with Gasteiger partial charge in [0.25, 0.3) is 0 Å². The standard InChI is InChI=1S/C12H22O4.C10H19O3.C8H18O2.C4H8O2.C2H6O/c1-5-7-12(16-10(4)14)11(6-2)8-15-9(3)13;1-4-6-10(12)9(5-2)7-13-8(3)11;1-3-5-8(10)7(4-2)6-9;1-3-6-4(2)5;1-2-3/h11-12H,5-8H2,1-4H3;9-10,12H,1,4-7H2,2-3H3;7-10H,3-6H2,1-2H3;3H2,1-2H3;3H,2H2,1H3/q;+1;;;. The number of hydrogen-bond acceptors (Lipinski definition) is 12. The minimum Gasteiger partial charge on any atom is -0.466 e. The molecule has 0 aliphatic carbocycles. The van der Waals surface area contributed by atoms with Crippen molar-refractivity contribution in [2.24, 2.45) is 17.8 Å². The Morgan fingerprint density at radius 2 is 0.979 bits per heavy atom. The summed E-state index contributed by atoms with van der Waals surface area (Å²) in [5.41, 5.74) is 0. The zero-order valence-electron chi connectivity index (χ0n) is 32.1. The van der Waals surface area contributed by atoms with Gasteiger partial charge in [0.2, 0.25) is 0 Å². The second kappa shape index (κ2) is 40.8. The number of esters is 4. The molecule has 288 valence electrons. The summed E-state index contributed by atoms with van der Waals surface area (Å²) in [5.74, 6) is -0.854. The van der Waals surface area contributed by atoms with Crippen LogP contribution in [0.25, 0.3) is 0 Å². The van der Waals surface area contributed by atoms with Crippen LogP contribution in [-0.2, 0) is 38.1 Å². The van der Waals surface area contributed by atoms with Crippen molar-refractivity contribution in [3.63, 3.8) is 0 Å². The van der Waals surface area contributed by atoms with Gasteiger partial charge < -0.3 is 39.4 Å². The summed E-state index contributed by atoms with van der Waals surface area (Å²) >= 11 is 0. The average molecular weight is 698 g/mol. The van der Waals surface area contributed by atoms with Crippen LogP contribution in [0.1, 0.15) is 134 Å². The average Bonchev–Trinajstić information content (AvgIpc) is 2.99. The Balaban J connectivity index is -0.000000174. The molecule has 6 atom stereocenters. The van der Waals surface area contributed by atoms with Gasteiger partial charge in [-0.25, -0.2) is 0 Å². The quantitative estimate of drug-likeness (QED) is 0.0746. The van der Waals surface area contributed by atoms with Gasteiger partial charge in [-0.1, -0.05) is 47.5 Å². The molecule has 0 rings (SSSR count). The van der Waals surface area contributed by atoms with Crippen molar-refractivity contribution < 1.29 is 58.6 Å². The van der Waals surface area contributed by atoms with Crippen molar-refractivity contribution in [3.05, 3.63) is 6.92 Å². The molecule has 0 aromatic heterocycles. The topological polar surface area (TPSA) is 186 Å². The summed E-state index contributed by atoms with van der Waals surface area (Å²) in [6.07, 6.45) is 6.55. The summed E-state index contributed by atoms with van der Waals surface area (Å²) < 4.78 is 19.5. The zero-order chi connectivity index (χ0) is 38.5. The Bertz CT molecular complexity index is 728. The normalized spacial score (nSPS) is 13.6. The Kier molecular flexibility index (Phi) is 46.7. The number of aliphatic hydroxyl groups is 4. The van der Waals surface area contributed by atoms with Crippen LogP contribution in [0, 0.1) is 24.7 Å². The Morgan fingerprint density at radius 3 is 1.25 bits per heavy atom. The Hall–Kier alpha value is -2.41. The van der Waals surface area contributed by atoms with E-state index in [1.54, 1.807) is 13.8 Å². The molecular formula is C36H73O12+. The van der Waals surface area contributed by atoms with Gasteiger partial charge in [0.1, 0.15) is 6.10 Å². The highest BCUT2D eigenvalue weighted by atomic mass is 16.6. The first kappa shape index (κ1) is 55.0. The highest BCUT2D eigenvalue weighted by Crippen LogP contribution is 2.18. The van der Waals surface area contributed by atoms with E-state index in [0.717, 1.165) is 44.9 Å². The first-order chi connectivity index (χ1) is 22.6. The van der Waals surface area contributed by atoms with Gasteiger partial charge in [-0.05, 0) is 46.0 Å². The SMILES string of the molecule is CCCC(O)C(CC)CO.CCCC(OC(C)=O)C(CC)COC(C)=O.CCO.CCOC(C)=O.[CH2+]CCC(O)C(CC)COC(C)=O. The summed E-state index contributed by atoms with van der Waals surface area (Å²) in [4.78, 5) is 42.0. The van der Waals surface area contributed by atoms with Crippen molar-refractivity contribution in [2.45, 2.75) is 152 Å². The van der Waals surface area contributed by atoms with Crippen LogP contribution in [0.15, 0.2) is 0 Å². The van der Waals surface area contributed by atoms with Gasteiger partial charge in [0.15, 0.2) is 0 Å². The lowest BCUT2D eigenvalue weighted by Crippen LogP contribution is -2.29. The lowest BCUT2D eigenvalue weighted by Gasteiger charge is -2.25. The molecule has 0 radical (unpaired) electrons. The van der Waals surface area contributed by atoms with Crippen LogP contribution in [0.2, 0.25) is 0 Å². The predicted octanol–water partition coefficient (Wildman–Crippen LogP) is 5.59. The third-order valence-corrected chi connectivity index (χ3v) is 6.75. The van der Waals surface area contributed by atoms with Gasteiger partial charge in [-0.15, -0.1) is 0 Å². The molecule has 0 saturated carbocycles. The minimum atomic E-state index is -0.401. The van der Waals surface area contributed by atoms with E-state index in [1.807, 2.05) is 34.6 Å². The molecule has 4 N–H and O–H groups in total. The van der Waals surface area contributed by atoms with Crippen LogP contribution in [0.4, 0.5) is 0 Å². The van der Waals surface area contributed by atoms with Crippen LogP contribution in [0.3, 0.4) is 0 Å². The van der Waals surface area contributed by atoms with E-state index in [9.17, 15) is 29.4 Å². The zero-order valence-corrected chi connectivity index (χ0v) is 32.1. The smallest absolute Gasteiger partial charge is 0.302 e. The van der Waals surface area contributed by atoms with Crippen molar-refractivity contribution >= 4 is 23.9 Å². The molecule has 0 spiro atoms. The maximum absolute atomic E-state index is 11.0. The molecule has 0 amide bonds. The van der Waals surface area contributed by atoms with Crippen LogP contribution in [0.5, 0.6) is 0 Å². The van der Waals surface area contributed by atoms with Crippen molar-refractivity contribution in [3.8, 4) is 0 Å². The largest absolute Gasteiger partial charge is 0.466 e. The molecular weight excluding hydrogens is 624 g/mol. The van der Waals surface area contributed by atoms with Crippen LogP contribution >= 0.6 is 0 Å². The van der Waals surface area contributed by atoms with E-state index < -0.39 is 6.10 Å². The van der Waals surface area contributed by atoms with Crippen molar-refractivity contribution in [1.82, 2.24) is 0 Å². The molecule has 0 fully saturated rings. The number of carbonyl (C=O) groups excluding carboxylic acids is 4. The van der Waals surface area contributed by atoms with E-state index in [0.29, 0.717) is 32.7 Å². The molecule has 0 saturated heterocycles. The molecule has 6 unspecified atom stereocenters. The van der Waals surface area contributed by atoms with E-state index in [4.69, 9.17) is 24.4 Å². The number of aliphatic hydroxyl groups excluding tert-OH is 4. The molecule has 48 heavy (non-hydrogen) atoms. The number of carbonyl (C=O) groups is 4. The van der Waals surface area contributed by atoms with E-state index in [-0.39, 0.29) is 67.1 Å². The minimum absolute atomic E-state index is 0.0469.